The van der Waals surface area contributed by atoms with Gasteiger partial charge >= 0.3 is 0 Å². The topological polar surface area (TPSA) is 22.1 Å². The number of pyridine rings is 1. The Hall–Kier alpha value is -1.09. The highest BCUT2D eigenvalue weighted by molar-refractivity contribution is 9.09. The molecule has 2 aromatic rings. The molecular formula is C13H14BrNO. The molecule has 0 aliphatic heterocycles. The third kappa shape index (κ3) is 2.53. The standard InChI is InChI=1S/C13H14BrNO/c1-10-6-7-11-4-2-5-12(13(11)15-10)16-9-3-8-14/h2,4-7H,3,8-9H2,1H3. The van der Waals surface area contributed by atoms with E-state index in [2.05, 4.69) is 33.0 Å². The van der Waals surface area contributed by atoms with Gasteiger partial charge in [-0.3, -0.25) is 0 Å². The highest BCUT2D eigenvalue weighted by Gasteiger charge is 2.03. The molecule has 16 heavy (non-hydrogen) atoms. The van der Waals surface area contributed by atoms with Crippen LogP contribution in [0.3, 0.4) is 0 Å². The summed E-state index contributed by atoms with van der Waals surface area (Å²) in [5.74, 6) is 0.877. The number of alkyl halides is 1. The first-order valence-corrected chi connectivity index (χ1v) is 6.48. The Morgan fingerprint density at radius 3 is 2.94 bits per heavy atom. The van der Waals surface area contributed by atoms with Crippen molar-refractivity contribution in [2.24, 2.45) is 0 Å². The zero-order valence-electron chi connectivity index (χ0n) is 9.24. The summed E-state index contributed by atoms with van der Waals surface area (Å²) in [5, 5.41) is 2.09. The second kappa shape index (κ2) is 5.30. The first-order valence-electron chi connectivity index (χ1n) is 5.36. The van der Waals surface area contributed by atoms with Gasteiger partial charge in [-0.05, 0) is 25.5 Å². The molecule has 0 atom stereocenters. The molecule has 0 amide bonds. The Morgan fingerprint density at radius 2 is 2.12 bits per heavy atom. The second-order valence-electron chi connectivity index (χ2n) is 3.67. The number of rotatable bonds is 4. The summed E-state index contributed by atoms with van der Waals surface area (Å²) in [7, 11) is 0. The van der Waals surface area contributed by atoms with Gasteiger partial charge in [-0.15, -0.1) is 0 Å². The average molecular weight is 280 g/mol. The molecule has 1 aromatic carbocycles. The van der Waals surface area contributed by atoms with Crippen molar-refractivity contribution in [2.75, 3.05) is 11.9 Å². The van der Waals surface area contributed by atoms with Crippen LogP contribution in [0.1, 0.15) is 12.1 Å². The number of hydrogen-bond acceptors (Lipinski definition) is 2. The van der Waals surface area contributed by atoms with Gasteiger partial charge in [0, 0.05) is 16.4 Å². The van der Waals surface area contributed by atoms with Gasteiger partial charge in [-0.1, -0.05) is 34.1 Å². The Kier molecular flexibility index (Phi) is 3.78. The third-order valence-corrected chi connectivity index (χ3v) is 2.92. The van der Waals surface area contributed by atoms with Gasteiger partial charge in [0.1, 0.15) is 11.3 Å². The van der Waals surface area contributed by atoms with E-state index in [0.29, 0.717) is 0 Å². The molecule has 0 spiro atoms. The van der Waals surface area contributed by atoms with E-state index in [1.54, 1.807) is 0 Å². The minimum Gasteiger partial charge on any atom is -0.491 e. The van der Waals surface area contributed by atoms with E-state index in [0.717, 1.165) is 40.7 Å². The number of aromatic nitrogens is 1. The summed E-state index contributed by atoms with van der Waals surface area (Å²) < 4.78 is 5.72. The summed E-state index contributed by atoms with van der Waals surface area (Å²) in [6.45, 7) is 2.72. The molecule has 84 valence electrons. The Bertz CT molecular complexity index is 484. The normalized spacial score (nSPS) is 10.6. The van der Waals surface area contributed by atoms with Crippen LogP contribution in [0.15, 0.2) is 30.3 Å². The quantitative estimate of drug-likeness (QED) is 0.629. The maximum absolute atomic E-state index is 5.72. The number of ether oxygens (including phenoxy) is 1. The van der Waals surface area contributed by atoms with Gasteiger partial charge in [-0.25, -0.2) is 4.98 Å². The van der Waals surface area contributed by atoms with Crippen molar-refractivity contribution in [2.45, 2.75) is 13.3 Å². The highest BCUT2D eigenvalue weighted by atomic mass is 79.9. The van der Waals surface area contributed by atoms with Crippen LogP contribution >= 0.6 is 15.9 Å². The summed E-state index contributed by atoms with van der Waals surface area (Å²) >= 11 is 3.39. The van der Waals surface area contributed by atoms with Gasteiger partial charge in [0.05, 0.1) is 6.61 Å². The Morgan fingerprint density at radius 1 is 1.25 bits per heavy atom. The molecule has 0 unspecified atom stereocenters. The van der Waals surface area contributed by atoms with E-state index in [9.17, 15) is 0 Å². The van der Waals surface area contributed by atoms with Crippen molar-refractivity contribution in [1.29, 1.82) is 0 Å². The third-order valence-electron chi connectivity index (χ3n) is 2.36. The lowest BCUT2D eigenvalue weighted by molar-refractivity contribution is 0.322. The van der Waals surface area contributed by atoms with E-state index in [1.807, 2.05) is 25.1 Å². The predicted octanol–water partition coefficient (Wildman–Crippen LogP) is 3.71. The van der Waals surface area contributed by atoms with Crippen molar-refractivity contribution in [3.8, 4) is 5.75 Å². The molecule has 1 aromatic heterocycles. The van der Waals surface area contributed by atoms with Gasteiger partial charge in [-0.2, -0.15) is 0 Å². The lowest BCUT2D eigenvalue weighted by Crippen LogP contribution is -1.99. The van der Waals surface area contributed by atoms with Crippen molar-refractivity contribution in [1.82, 2.24) is 4.98 Å². The number of hydrogen-bond donors (Lipinski definition) is 0. The summed E-state index contributed by atoms with van der Waals surface area (Å²) in [4.78, 5) is 4.52. The zero-order valence-corrected chi connectivity index (χ0v) is 10.8. The Balaban J connectivity index is 2.32. The maximum atomic E-state index is 5.72. The average Bonchev–Trinajstić information content (AvgIpc) is 2.30. The number of fused-ring (bicyclic) bond motifs is 1. The zero-order chi connectivity index (χ0) is 11.4. The molecule has 0 aliphatic carbocycles. The SMILES string of the molecule is Cc1ccc2cccc(OCCCBr)c2n1. The number of para-hydroxylation sites is 1. The molecule has 0 N–H and O–H groups in total. The maximum Gasteiger partial charge on any atom is 0.145 e. The summed E-state index contributed by atoms with van der Waals surface area (Å²) in [6.07, 6.45) is 1.00. The first-order chi connectivity index (χ1) is 7.81. The van der Waals surface area contributed by atoms with Gasteiger partial charge in [0.2, 0.25) is 0 Å². The van der Waals surface area contributed by atoms with E-state index >= 15 is 0 Å². The van der Waals surface area contributed by atoms with Gasteiger partial charge in [0.15, 0.2) is 0 Å². The van der Waals surface area contributed by atoms with Crippen molar-refractivity contribution >= 4 is 26.8 Å². The smallest absolute Gasteiger partial charge is 0.145 e. The molecule has 2 nitrogen and oxygen atoms in total. The molecule has 0 fully saturated rings. The van der Waals surface area contributed by atoms with Crippen LogP contribution in [-0.2, 0) is 0 Å². The van der Waals surface area contributed by atoms with Crippen LogP contribution < -0.4 is 4.74 Å². The molecule has 0 radical (unpaired) electrons. The van der Waals surface area contributed by atoms with Gasteiger partial charge < -0.3 is 4.74 Å². The van der Waals surface area contributed by atoms with Crippen molar-refractivity contribution in [3.63, 3.8) is 0 Å². The fourth-order valence-corrected chi connectivity index (χ4v) is 1.80. The largest absolute Gasteiger partial charge is 0.491 e. The van der Waals surface area contributed by atoms with Crippen molar-refractivity contribution < 1.29 is 4.74 Å². The van der Waals surface area contributed by atoms with E-state index < -0.39 is 0 Å². The van der Waals surface area contributed by atoms with E-state index in [4.69, 9.17) is 4.74 Å². The van der Waals surface area contributed by atoms with Crippen LogP contribution in [0.5, 0.6) is 5.75 Å². The lowest BCUT2D eigenvalue weighted by atomic mass is 10.2. The van der Waals surface area contributed by atoms with E-state index in [1.165, 1.54) is 0 Å². The van der Waals surface area contributed by atoms with Crippen LogP contribution in [-0.4, -0.2) is 16.9 Å². The van der Waals surface area contributed by atoms with Crippen LogP contribution in [0, 0.1) is 6.92 Å². The fraction of sp³-hybridized carbons (Fsp3) is 0.308. The van der Waals surface area contributed by atoms with Crippen molar-refractivity contribution in [3.05, 3.63) is 36.0 Å². The molecular weight excluding hydrogens is 266 g/mol. The minimum absolute atomic E-state index is 0.722. The summed E-state index contributed by atoms with van der Waals surface area (Å²) in [6, 6.07) is 10.1. The number of benzene rings is 1. The molecule has 1 heterocycles. The predicted molar refractivity (Wildman–Crippen MR) is 70.4 cm³/mol. The summed E-state index contributed by atoms with van der Waals surface area (Å²) in [5.41, 5.74) is 1.97. The number of nitrogens with zero attached hydrogens (tertiary/aromatic N) is 1. The molecule has 0 aliphatic rings. The lowest BCUT2D eigenvalue weighted by Gasteiger charge is -2.08. The first kappa shape index (κ1) is 11.4. The molecule has 0 saturated heterocycles. The second-order valence-corrected chi connectivity index (χ2v) is 4.46. The van der Waals surface area contributed by atoms with Gasteiger partial charge in [0.25, 0.3) is 0 Å². The number of aryl methyl sites for hydroxylation is 1. The Labute approximate surface area is 104 Å². The number of halogens is 1. The molecule has 0 saturated carbocycles. The van der Waals surface area contributed by atoms with Crippen LogP contribution in [0.2, 0.25) is 0 Å². The highest BCUT2D eigenvalue weighted by Crippen LogP contribution is 2.23. The van der Waals surface area contributed by atoms with Crippen LogP contribution in [0.25, 0.3) is 10.9 Å². The molecule has 3 heteroatoms. The minimum atomic E-state index is 0.722. The van der Waals surface area contributed by atoms with E-state index in [-0.39, 0.29) is 0 Å². The fourth-order valence-electron chi connectivity index (χ4n) is 1.57. The molecule has 2 rings (SSSR count). The molecule has 0 bridgehead atoms. The monoisotopic (exact) mass is 279 g/mol. The van der Waals surface area contributed by atoms with Crippen LogP contribution in [0.4, 0.5) is 0 Å².